The van der Waals surface area contributed by atoms with E-state index in [2.05, 4.69) is 33.2 Å². The van der Waals surface area contributed by atoms with E-state index in [1.165, 1.54) is 22.3 Å². The molecule has 1 aromatic rings. The minimum atomic E-state index is 0.910. The first kappa shape index (κ1) is 9.46. The zero-order valence-electron chi connectivity index (χ0n) is 7.64. The van der Waals surface area contributed by atoms with E-state index in [4.69, 9.17) is 0 Å². The lowest BCUT2D eigenvalue weighted by Gasteiger charge is -1.97. The number of nitrogens with zero attached hydrogens (tertiary/aromatic N) is 1. The van der Waals surface area contributed by atoms with Crippen molar-refractivity contribution in [2.75, 3.05) is 11.9 Å². The van der Waals surface area contributed by atoms with Crippen LogP contribution in [0.15, 0.2) is 3.79 Å². The Labute approximate surface area is 90.9 Å². The van der Waals surface area contributed by atoms with E-state index in [0.29, 0.717) is 0 Å². The van der Waals surface area contributed by atoms with Crippen LogP contribution in [0.1, 0.15) is 25.5 Å². The molecule has 0 bridgehead atoms. The van der Waals surface area contributed by atoms with Gasteiger partial charge in [0.2, 0.25) is 0 Å². The molecule has 72 valence electrons. The van der Waals surface area contributed by atoms with Gasteiger partial charge < -0.3 is 5.32 Å². The molecular weight excluding hydrogens is 248 g/mol. The van der Waals surface area contributed by atoms with Crippen molar-refractivity contribution in [3.8, 4) is 0 Å². The molecule has 1 aliphatic carbocycles. The Morgan fingerprint density at radius 2 is 2.38 bits per heavy atom. The van der Waals surface area contributed by atoms with Gasteiger partial charge in [-0.1, -0.05) is 18.3 Å². The van der Waals surface area contributed by atoms with Crippen LogP contribution in [0.4, 0.5) is 5.13 Å². The zero-order valence-corrected chi connectivity index (χ0v) is 10.0. The van der Waals surface area contributed by atoms with Crippen LogP contribution in [0.2, 0.25) is 0 Å². The van der Waals surface area contributed by atoms with Gasteiger partial charge in [0.1, 0.15) is 0 Å². The molecule has 0 unspecified atom stereocenters. The maximum Gasteiger partial charge on any atom is 0.183 e. The largest absolute Gasteiger partial charge is 0.361 e. The molecule has 1 aliphatic rings. The van der Waals surface area contributed by atoms with Gasteiger partial charge in [0.05, 0.1) is 9.48 Å². The third kappa shape index (κ3) is 2.44. The monoisotopic (exact) mass is 260 g/mol. The molecule has 1 N–H and O–H groups in total. The van der Waals surface area contributed by atoms with E-state index in [-0.39, 0.29) is 0 Å². The van der Waals surface area contributed by atoms with E-state index in [1.54, 1.807) is 11.3 Å². The van der Waals surface area contributed by atoms with Gasteiger partial charge in [-0.15, -0.1) is 0 Å². The number of hydrogen-bond donors (Lipinski definition) is 1. The van der Waals surface area contributed by atoms with Crippen molar-refractivity contribution in [3.05, 3.63) is 9.48 Å². The average molecular weight is 261 g/mol. The highest BCUT2D eigenvalue weighted by Gasteiger charge is 2.21. The van der Waals surface area contributed by atoms with Crippen molar-refractivity contribution < 1.29 is 0 Å². The number of halogens is 1. The predicted molar refractivity (Wildman–Crippen MR) is 60.4 cm³/mol. The fourth-order valence-electron chi connectivity index (χ4n) is 1.18. The van der Waals surface area contributed by atoms with Crippen LogP contribution in [0, 0.1) is 5.92 Å². The molecule has 0 amide bonds. The van der Waals surface area contributed by atoms with Gasteiger partial charge in [-0.05, 0) is 41.1 Å². The number of hydrogen-bond acceptors (Lipinski definition) is 3. The van der Waals surface area contributed by atoms with Crippen molar-refractivity contribution in [1.82, 2.24) is 4.98 Å². The summed E-state index contributed by atoms with van der Waals surface area (Å²) in [5.41, 5.74) is 1.17. The Hall–Kier alpha value is -0.0900. The average Bonchev–Trinajstić information content (AvgIpc) is 2.87. The molecule has 13 heavy (non-hydrogen) atoms. The van der Waals surface area contributed by atoms with E-state index in [9.17, 15) is 0 Å². The number of rotatable bonds is 4. The lowest BCUT2D eigenvalue weighted by atomic mass is 10.4. The first-order chi connectivity index (χ1) is 6.29. The molecule has 2 nitrogen and oxygen atoms in total. The summed E-state index contributed by atoms with van der Waals surface area (Å²) in [6, 6.07) is 0. The number of nitrogens with one attached hydrogen (secondary N) is 1. The van der Waals surface area contributed by atoms with Gasteiger partial charge >= 0.3 is 0 Å². The lowest BCUT2D eigenvalue weighted by Crippen LogP contribution is -2.02. The molecule has 0 spiro atoms. The van der Waals surface area contributed by atoms with Crippen molar-refractivity contribution in [2.24, 2.45) is 5.92 Å². The molecule has 0 saturated heterocycles. The van der Waals surface area contributed by atoms with Crippen molar-refractivity contribution in [1.29, 1.82) is 0 Å². The van der Waals surface area contributed by atoms with E-state index in [0.717, 1.165) is 24.0 Å². The van der Waals surface area contributed by atoms with Gasteiger partial charge in [-0.3, -0.25) is 0 Å². The van der Waals surface area contributed by atoms with Crippen molar-refractivity contribution in [3.63, 3.8) is 0 Å². The summed E-state index contributed by atoms with van der Waals surface area (Å²) in [7, 11) is 0. The second kappa shape index (κ2) is 3.96. The zero-order chi connectivity index (χ0) is 9.26. The summed E-state index contributed by atoms with van der Waals surface area (Å²) < 4.78 is 1.17. The molecular formula is C9H13BrN2S. The Balaban J connectivity index is 1.94. The van der Waals surface area contributed by atoms with Gasteiger partial charge in [0.25, 0.3) is 0 Å². The minimum Gasteiger partial charge on any atom is -0.361 e. The van der Waals surface area contributed by atoms with Crippen LogP contribution >= 0.6 is 27.3 Å². The maximum absolute atomic E-state index is 4.49. The maximum atomic E-state index is 4.49. The molecule has 1 saturated carbocycles. The Kier molecular flexibility index (Phi) is 2.89. The minimum absolute atomic E-state index is 0.910. The smallest absolute Gasteiger partial charge is 0.183 e. The van der Waals surface area contributed by atoms with Crippen LogP contribution < -0.4 is 5.32 Å². The first-order valence-corrected chi connectivity index (χ1v) is 6.29. The Bertz CT molecular complexity index is 294. The summed E-state index contributed by atoms with van der Waals surface area (Å²) in [6.45, 7) is 3.23. The molecule has 4 heteroatoms. The van der Waals surface area contributed by atoms with Gasteiger partial charge in [-0.25, -0.2) is 4.98 Å². The van der Waals surface area contributed by atoms with Gasteiger partial charge in [0, 0.05) is 6.54 Å². The van der Waals surface area contributed by atoms with E-state index >= 15 is 0 Å². The molecule has 0 radical (unpaired) electrons. The van der Waals surface area contributed by atoms with Crippen molar-refractivity contribution in [2.45, 2.75) is 26.2 Å². The topological polar surface area (TPSA) is 24.9 Å². The third-order valence-electron chi connectivity index (χ3n) is 2.22. The lowest BCUT2D eigenvalue weighted by molar-refractivity contribution is 0.885. The van der Waals surface area contributed by atoms with Gasteiger partial charge in [-0.2, -0.15) is 0 Å². The van der Waals surface area contributed by atoms with Crippen molar-refractivity contribution >= 4 is 32.4 Å². The highest BCUT2D eigenvalue weighted by molar-refractivity contribution is 9.11. The number of thiazole rings is 1. The predicted octanol–water partition coefficient (Wildman–Crippen LogP) is 3.29. The Morgan fingerprint density at radius 3 is 2.92 bits per heavy atom. The third-order valence-corrected chi connectivity index (χ3v) is 4.01. The van der Waals surface area contributed by atoms with Crippen LogP contribution in [0.3, 0.4) is 0 Å². The van der Waals surface area contributed by atoms with E-state index < -0.39 is 0 Å². The Morgan fingerprint density at radius 1 is 1.62 bits per heavy atom. The highest BCUT2D eigenvalue weighted by atomic mass is 79.9. The summed E-state index contributed by atoms with van der Waals surface area (Å²) in [5, 5.41) is 4.44. The summed E-state index contributed by atoms with van der Waals surface area (Å²) in [6.07, 6.45) is 3.78. The quantitative estimate of drug-likeness (QED) is 0.899. The molecule has 0 aliphatic heterocycles. The van der Waals surface area contributed by atoms with Crippen LogP contribution in [0.5, 0.6) is 0 Å². The fraction of sp³-hybridized carbons (Fsp3) is 0.667. The van der Waals surface area contributed by atoms with Crippen LogP contribution in [-0.4, -0.2) is 11.5 Å². The number of anilines is 1. The number of aromatic nitrogens is 1. The second-order valence-electron chi connectivity index (χ2n) is 3.42. The molecule has 1 fully saturated rings. The van der Waals surface area contributed by atoms with Gasteiger partial charge in [0.15, 0.2) is 5.13 Å². The standard InChI is InChI=1S/C9H13BrN2S/c1-2-7-8(10)13-9(12-7)11-5-6-3-4-6/h6H,2-5H2,1H3,(H,11,12). The summed E-state index contributed by atoms with van der Waals surface area (Å²) in [4.78, 5) is 4.49. The molecule has 0 atom stereocenters. The molecule has 1 heterocycles. The second-order valence-corrected chi connectivity index (χ2v) is 5.73. The first-order valence-electron chi connectivity index (χ1n) is 4.68. The molecule has 2 rings (SSSR count). The molecule has 0 aromatic carbocycles. The highest BCUT2D eigenvalue weighted by Crippen LogP contribution is 2.32. The summed E-state index contributed by atoms with van der Waals surface area (Å²) in [5.74, 6) is 0.910. The van der Waals surface area contributed by atoms with Crippen LogP contribution in [0.25, 0.3) is 0 Å². The molecule has 1 aromatic heterocycles. The normalized spacial score (nSPS) is 16.2. The summed E-state index contributed by atoms with van der Waals surface area (Å²) >= 11 is 5.22. The number of aryl methyl sites for hydroxylation is 1. The van der Waals surface area contributed by atoms with Crippen LogP contribution in [-0.2, 0) is 6.42 Å². The SMILES string of the molecule is CCc1nc(NCC2CC2)sc1Br. The van der Waals surface area contributed by atoms with E-state index in [1.807, 2.05) is 0 Å². The fourth-order valence-corrected chi connectivity index (χ4v) is 2.80.